The van der Waals surface area contributed by atoms with Gasteiger partial charge < -0.3 is 18.5 Å². The van der Waals surface area contributed by atoms with Gasteiger partial charge in [-0.05, 0) is 56.2 Å². The summed E-state index contributed by atoms with van der Waals surface area (Å²) in [5.41, 5.74) is 0.813. The summed E-state index contributed by atoms with van der Waals surface area (Å²) < 4.78 is 33.8. The summed E-state index contributed by atoms with van der Waals surface area (Å²) in [6.07, 6.45) is 0. The summed E-state index contributed by atoms with van der Waals surface area (Å²) in [5, 5.41) is 2.01. The Morgan fingerprint density at radius 1 is 1.00 bits per heavy atom. The number of hydrogen-bond donors (Lipinski definition) is 0. The fourth-order valence-corrected chi connectivity index (χ4v) is 4.16. The summed E-state index contributed by atoms with van der Waals surface area (Å²) >= 11 is 0. The second kappa shape index (κ2) is 9.36. The topological polar surface area (TPSA) is 71.1 Å². The molecule has 0 fully saturated rings. The molecule has 2 aromatic carbocycles. The first-order chi connectivity index (χ1) is 12.8. The molecule has 0 bridgehead atoms. The van der Waals surface area contributed by atoms with Gasteiger partial charge in [0.2, 0.25) is 0 Å². The minimum absolute atomic E-state index is 0.211. The van der Waals surface area contributed by atoms with Crippen LogP contribution >= 0.6 is 7.60 Å². The summed E-state index contributed by atoms with van der Waals surface area (Å²) in [7, 11) is -1.88. The van der Waals surface area contributed by atoms with E-state index in [2.05, 4.69) is 0 Å². The van der Waals surface area contributed by atoms with Gasteiger partial charge in [-0.15, -0.1) is 0 Å². The zero-order valence-corrected chi connectivity index (χ0v) is 17.3. The molecule has 0 aliphatic carbocycles. The van der Waals surface area contributed by atoms with Gasteiger partial charge in [0.05, 0.1) is 26.2 Å². The van der Waals surface area contributed by atoms with E-state index in [1.54, 1.807) is 27.9 Å². The van der Waals surface area contributed by atoms with Gasteiger partial charge in [0.1, 0.15) is 5.75 Å². The lowest BCUT2D eigenvalue weighted by Crippen LogP contribution is -2.21. The van der Waals surface area contributed by atoms with Gasteiger partial charge >= 0.3 is 13.6 Å². The van der Waals surface area contributed by atoms with Crippen molar-refractivity contribution in [1.29, 1.82) is 0 Å². The van der Waals surface area contributed by atoms with E-state index >= 15 is 0 Å². The molecule has 6 nitrogen and oxygen atoms in total. The monoisotopic (exact) mass is 394 g/mol. The molecule has 0 unspecified atom stereocenters. The molecule has 0 radical (unpaired) electrons. The third-order valence-corrected chi connectivity index (χ3v) is 6.51. The van der Waals surface area contributed by atoms with Crippen LogP contribution in [-0.4, -0.2) is 32.1 Å². The third-order valence-electron chi connectivity index (χ3n) is 4.28. The molecular weight excluding hydrogens is 367 g/mol. The summed E-state index contributed by atoms with van der Waals surface area (Å²) in [4.78, 5) is 12.6. The number of methoxy groups -OCH3 is 1. The minimum atomic E-state index is -3.50. The Labute approximate surface area is 160 Å². The van der Waals surface area contributed by atoms with Crippen LogP contribution in [0.15, 0.2) is 36.4 Å². The number of rotatable bonds is 9. The maximum absolute atomic E-state index is 12.7. The van der Waals surface area contributed by atoms with Gasteiger partial charge in [-0.2, -0.15) is 0 Å². The summed E-state index contributed by atoms with van der Waals surface area (Å²) in [6.45, 7) is 7.14. The highest BCUT2D eigenvalue weighted by molar-refractivity contribution is 7.54. The van der Waals surface area contributed by atoms with Crippen molar-refractivity contribution < 1.29 is 27.9 Å². The Balaban J connectivity index is 2.16. The van der Waals surface area contributed by atoms with Crippen molar-refractivity contribution in [2.24, 2.45) is 0 Å². The van der Waals surface area contributed by atoms with Crippen LogP contribution in [0.2, 0.25) is 0 Å². The van der Waals surface area contributed by atoms with E-state index < -0.39 is 25.3 Å². The van der Waals surface area contributed by atoms with Gasteiger partial charge in [0.15, 0.2) is 5.85 Å². The van der Waals surface area contributed by atoms with Crippen LogP contribution in [-0.2, 0) is 23.1 Å². The van der Waals surface area contributed by atoms with Crippen LogP contribution in [0.25, 0.3) is 10.8 Å². The number of fused-ring (bicyclic) bond motifs is 1. The van der Waals surface area contributed by atoms with E-state index in [0.29, 0.717) is 0 Å². The van der Waals surface area contributed by atoms with Crippen LogP contribution in [0.4, 0.5) is 0 Å². The fraction of sp³-hybridized carbons (Fsp3) is 0.450. The van der Waals surface area contributed by atoms with Gasteiger partial charge in [0, 0.05) is 0 Å². The minimum Gasteiger partial charge on any atom is -0.497 e. The predicted octanol–water partition coefficient (Wildman–Crippen LogP) is 5.11. The van der Waals surface area contributed by atoms with E-state index in [1.165, 1.54) is 6.92 Å². The first-order valence-corrected chi connectivity index (χ1v) is 10.6. The van der Waals surface area contributed by atoms with Crippen LogP contribution in [0.5, 0.6) is 5.75 Å². The van der Waals surface area contributed by atoms with E-state index in [-0.39, 0.29) is 13.2 Å². The average molecular weight is 394 g/mol. The van der Waals surface area contributed by atoms with E-state index in [1.807, 2.05) is 36.4 Å². The van der Waals surface area contributed by atoms with Gasteiger partial charge in [0.25, 0.3) is 0 Å². The molecule has 2 rings (SSSR count). The number of ether oxygens (including phenoxy) is 2. The van der Waals surface area contributed by atoms with Gasteiger partial charge in [-0.1, -0.05) is 24.3 Å². The SMILES string of the molecule is CCOP(=O)(OCC)[C@H](C)OC(=O)[C@H](C)c1ccc2cc(OC)ccc2c1. The molecule has 2 atom stereocenters. The van der Waals surface area contributed by atoms with Crippen molar-refractivity contribution in [2.75, 3.05) is 20.3 Å². The van der Waals surface area contributed by atoms with Crippen molar-refractivity contribution in [3.05, 3.63) is 42.0 Å². The molecule has 0 spiro atoms. The van der Waals surface area contributed by atoms with Crippen molar-refractivity contribution in [1.82, 2.24) is 0 Å². The van der Waals surface area contributed by atoms with Crippen LogP contribution < -0.4 is 4.74 Å². The molecular formula is C20H27O6P. The lowest BCUT2D eigenvalue weighted by molar-refractivity contribution is -0.147. The molecule has 0 aromatic heterocycles. The van der Waals surface area contributed by atoms with E-state index in [4.69, 9.17) is 18.5 Å². The molecule has 148 valence electrons. The van der Waals surface area contributed by atoms with Gasteiger partial charge in [-0.3, -0.25) is 9.36 Å². The van der Waals surface area contributed by atoms with Crippen LogP contribution in [0, 0.1) is 0 Å². The second-order valence-corrected chi connectivity index (χ2v) is 8.43. The number of carbonyl (C=O) groups excluding carboxylic acids is 1. The maximum Gasteiger partial charge on any atom is 0.370 e. The standard InChI is InChI=1S/C20H27O6P/c1-6-24-27(22,25-7-2)15(4)26-20(21)14(3)16-8-9-18-13-19(23-5)11-10-17(18)12-16/h8-15H,6-7H2,1-5H3/t14-,15-/m1/s1. The van der Waals surface area contributed by atoms with Crippen molar-refractivity contribution in [3.63, 3.8) is 0 Å². The van der Waals surface area contributed by atoms with Crippen molar-refractivity contribution >= 4 is 24.3 Å². The third kappa shape index (κ3) is 5.10. The van der Waals surface area contributed by atoms with Gasteiger partial charge in [-0.25, -0.2) is 0 Å². The highest BCUT2D eigenvalue weighted by Gasteiger charge is 2.36. The molecule has 0 amide bonds. The Morgan fingerprint density at radius 2 is 1.59 bits per heavy atom. The van der Waals surface area contributed by atoms with Crippen molar-refractivity contribution in [2.45, 2.75) is 39.5 Å². The normalized spacial score (nSPS) is 14.0. The summed E-state index contributed by atoms with van der Waals surface area (Å²) in [6, 6.07) is 11.5. The zero-order chi connectivity index (χ0) is 20.0. The Hall–Kier alpha value is -1.88. The number of carbonyl (C=O) groups is 1. The molecule has 2 aromatic rings. The largest absolute Gasteiger partial charge is 0.497 e. The lowest BCUT2D eigenvalue weighted by atomic mass is 9.98. The molecule has 27 heavy (non-hydrogen) atoms. The quantitative estimate of drug-likeness (QED) is 0.435. The molecule has 0 saturated carbocycles. The molecule has 0 saturated heterocycles. The first kappa shape index (κ1) is 21.4. The number of esters is 1. The van der Waals surface area contributed by atoms with E-state index in [9.17, 15) is 9.36 Å². The summed E-state index contributed by atoms with van der Waals surface area (Å²) in [5.74, 6) is -1.19. The lowest BCUT2D eigenvalue weighted by Gasteiger charge is -2.24. The molecule has 0 N–H and O–H groups in total. The fourth-order valence-electron chi connectivity index (χ4n) is 2.72. The second-order valence-electron chi connectivity index (χ2n) is 6.11. The Morgan fingerprint density at radius 3 is 2.19 bits per heavy atom. The molecule has 0 aliphatic heterocycles. The maximum atomic E-state index is 12.7. The van der Waals surface area contributed by atoms with Crippen molar-refractivity contribution in [3.8, 4) is 5.75 Å². The zero-order valence-electron chi connectivity index (χ0n) is 16.4. The molecule has 0 aliphatic rings. The van der Waals surface area contributed by atoms with Crippen LogP contribution in [0.3, 0.4) is 0 Å². The highest BCUT2D eigenvalue weighted by Crippen LogP contribution is 2.53. The molecule has 7 heteroatoms. The predicted molar refractivity (Wildman–Crippen MR) is 105 cm³/mol. The van der Waals surface area contributed by atoms with E-state index in [0.717, 1.165) is 22.1 Å². The first-order valence-electron chi connectivity index (χ1n) is 9.01. The highest BCUT2D eigenvalue weighted by atomic mass is 31.2. The average Bonchev–Trinajstić information content (AvgIpc) is 2.66. The number of benzene rings is 2. The Kier molecular flexibility index (Phi) is 7.42. The Bertz CT molecular complexity index is 824. The smallest absolute Gasteiger partial charge is 0.370 e. The number of hydrogen-bond acceptors (Lipinski definition) is 6. The van der Waals surface area contributed by atoms with Crippen LogP contribution in [0.1, 0.15) is 39.2 Å². The molecule has 0 heterocycles.